The summed E-state index contributed by atoms with van der Waals surface area (Å²) in [5.74, 6) is 2.90. The molecule has 0 amide bonds. The molecule has 0 aliphatic heterocycles. The molecule has 2 nitrogen and oxygen atoms in total. The summed E-state index contributed by atoms with van der Waals surface area (Å²) >= 11 is 0. The van der Waals surface area contributed by atoms with Crippen LogP contribution in [0.4, 0.5) is 0 Å². The fourth-order valence-electron chi connectivity index (χ4n) is 7.06. The minimum absolute atomic E-state index is 0.116. The molecule has 0 radical (unpaired) electrons. The van der Waals surface area contributed by atoms with E-state index in [0.29, 0.717) is 29.0 Å². The van der Waals surface area contributed by atoms with E-state index in [1.807, 2.05) is 0 Å². The van der Waals surface area contributed by atoms with E-state index in [9.17, 15) is 9.90 Å². The van der Waals surface area contributed by atoms with Gasteiger partial charge in [0.1, 0.15) is 5.78 Å². The number of aliphatic hydroxyl groups is 1. The maximum absolute atomic E-state index is 13.1. The zero-order chi connectivity index (χ0) is 14.8. The van der Waals surface area contributed by atoms with E-state index in [1.165, 1.54) is 32.1 Å². The molecule has 0 aromatic carbocycles. The van der Waals surface area contributed by atoms with Crippen LogP contribution in [0.3, 0.4) is 0 Å². The van der Waals surface area contributed by atoms with Gasteiger partial charge in [-0.1, -0.05) is 20.3 Å². The number of fused-ring (bicyclic) bond motifs is 5. The number of carbonyl (C=O) groups is 1. The van der Waals surface area contributed by atoms with Gasteiger partial charge in [-0.05, 0) is 73.5 Å². The highest BCUT2D eigenvalue weighted by molar-refractivity contribution is 5.84. The van der Waals surface area contributed by atoms with Crippen LogP contribution >= 0.6 is 0 Å². The Balaban J connectivity index is 1.69. The van der Waals surface area contributed by atoms with E-state index in [0.717, 1.165) is 31.6 Å². The van der Waals surface area contributed by atoms with Gasteiger partial charge in [-0.3, -0.25) is 4.79 Å². The predicted molar refractivity (Wildman–Crippen MR) is 82.7 cm³/mol. The van der Waals surface area contributed by atoms with Crippen molar-refractivity contribution in [2.45, 2.75) is 77.7 Å². The number of hydrogen-bond acceptors (Lipinski definition) is 2. The monoisotopic (exact) mass is 290 g/mol. The standard InChI is InChI=1S/C19H30O2/c1-18-8-3-4-15(18)14-6-5-12-10-13(20)7-9-19(12,2)17(14)16(21)11-18/h12-15,17,20H,3-11H2,1-2H3/t12?,13-,14?,15?,17?,18+,19+/m1/s1. The molecule has 0 saturated heterocycles. The molecule has 7 atom stereocenters. The third-order valence-electron chi connectivity index (χ3n) is 8.09. The van der Waals surface area contributed by atoms with Crippen molar-refractivity contribution in [2.24, 2.45) is 34.5 Å². The first kappa shape index (κ1) is 14.2. The van der Waals surface area contributed by atoms with Gasteiger partial charge in [-0.2, -0.15) is 0 Å². The van der Waals surface area contributed by atoms with E-state index in [1.54, 1.807) is 0 Å². The molecular formula is C19H30O2. The highest BCUT2D eigenvalue weighted by Gasteiger charge is 2.60. The highest BCUT2D eigenvalue weighted by Crippen LogP contribution is 2.65. The highest BCUT2D eigenvalue weighted by atomic mass is 16.3. The molecule has 4 unspecified atom stereocenters. The Hall–Kier alpha value is -0.370. The topological polar surface area (TPSA) is 37.3 Å². The van der Waals surface area contributed by atoms with E-state index in [-0.39, 0.29) is 11.5 Å². The lowest BCUT2D eigenvalue weighted by Gasteiger charge is -2.59. The first-order chi connectivity index (χ1) is 9.94. The molecular weight excluding hydrogens is 260 g/mol. The molecule has 4 rings (SSSR count). The Labute approximate surface area is 128 Å². The third kappa shape index (κ3) is 1.90. The Morgan fingerprint density at radius 1 is 1.10 bits per heavy atom. The fourth-order valence-corrected chi connectivity index (χ4v) is 7.06. The van der Waals surface area contributed by atoms with Crippen LogP contribution in [0.25, 0.3) is 0 Å². The van der Waals surface area contributed by atoms with E-state index < -0.39 is 0 Å². The molecule has 21 heavy (non-hydrogen) atoms. The van der Waals surface area contributed by atoms with Gasteiger partial charge in [0.2, 0.25) is 0 Å². The van der Waals surface area contributed by atoms with Crippen molar-refractivity contribution in [3.63, 3.8) is 0 Å². The largest absolute Gasteiger partial charge is 0.393 e. The van der Waals surface area contributed by atoms with Crippen molar-refractivity contribution in [2.75, 3.05) is 0 Å². The van der Waals surface area contributed by atoms with Crippen molar-refractivity contribution in [3.05, 3.63) is 0 Å². The number of ketones is 1. The summed E-state index contributed by atoms with van der Waals surface area (Å²) in [5, 5.41) is 10.0. The summed E-state index contributed by atoms with van der Waals surface area (Å²) in [4.78, 5) is 13.1. The van der Waals surface area contributed by atoms with Gasteiger partial charge in [-0.25, -0.2) is 0 Å². The van der Waals surface area contributed by atoms with Gasteiger partial charge >= 0.3 is 0 Å². The number of carbonyl (C=O) groups excluding carboxylic acids is 1. The van der Waals surface area contributed by atoms with Crippen molar-refractivity contribution in [1.29, 1.82) is 0 Å². The molecule has 118 valence electrons. The second-order valence-corrected chi connectivity index (χ2v) is 9.15. The van der Waals surface area contributed by atoms with Gasteiger partial charge in [0.25, 0.3) is 0 Å². The first-order valence-corrected chi connectivity index (χ1v) is 9.15. The van der Waals surface area contributed by atoms with E-state index >= 15 is 0 Å². The summed E-state index contributed by atoms with van der Waals surface area (Å²) in [7, 11) is 0. The lowest BCUT2D eigenvalue weighted by Crippen LogP contribution is -2.56. The van der Waals surface area contributed by atoms with Crippen LogP contribution in [-0.4, -0.2) is 17.0 Å². The van der Waals surface area contributed by atoms with Crippen molar-refractivity contribution < 1.29 is 9.90 Å². The van der Waals surface area contributed by atoms with Crippen LogP contribution in [0, 0.1) is 34.5 Å². The van der Waals surface area contributed by atoms with Crippen molar-refractivity contribution in [1.82, 2.24) is 0 Å². The summed E-state index contributed by atoms with van der Waals surface area (Å²) in [5.41, 5.74) is 0.499. The van der Waals surface area contributed by atoms with Crippen molar-refractivity contribution >= 4 is 5.78 Å². The Morgan fingerprint density at radius 2 is 1.90 bits per heavy atom. The molecule has 0 aromatic rings. The SMILES string of the molecule is C[C@@]12CCCC1C1CCC3C[C@H](O)CC[C@]3(C)C1C(=O)C2. The molecule has 1 N–H and O–H groups in total. The minimum atomic E-state index is -0.116. The van der Waals surface area contributed by atoms with Crippen LogP contribution in [0.2, 0.25) is 0 Å². The average molecular weight is 290 g/mol. The summed E-state index contributed by atoms with van der Waals surface area (Å²) in [6, 6.07) is 0. The quantitative estimate of drug-likeness (QED) is 0.733. The van der Waals surface area contributed by atoms with Crippen LogP contribution in [0.15, 0.2) is 0 Å². The molecule has 4 fully saturated rings. The lowest BCUT2D eigenvalue weighted by molar-refractivity contribution is -0.159. The molecule has 0 heterocycles. The molecule has 4 aliphatic rings. The van der Waals surface area contributed by atoms with Crippen LogP contribution < -0.4 is 0 Å². The Morgan fingerprint density at radius 3 is 2.71 bits per heavy atom. The van der Waals surface area contributed by atoms with Gasteiger partial charge < -0.3 is 5.11 Å². The normalized spacial score (nSPS) is 56.5. The molecule has 2 heteroatoms. The van der Waals surface area contributed by atoms with E-state index in [2.05, 4.69) is 13.8 Å². The minimum Gasteiger partial charge on any atom is -0.393 e. The van der Waals surface area contributed by atoms with Crippen LogP contribution in [0.5, 0.6) is 0 Å². The zero-order valence-corrected chi connectivity index (χ0v) is 13.6. The second-order valence-electron chi connectivity index (χ2n) is 9.15. The number of hydrogen-bond donors (Lipinski definition) is 1. The molecule has 0 spiro atoms. The second kappa shape index (κ2) is 4.57. The maximum Gasteiger partial charge on any atom is 0.137 e. The Kier molecular flexibility index (Phi) is 3.10. The average Bonchev–Trinajstić information content (AvgIpc) is 2.80. The molecule has 0 aromatic heterocycles. The summed E-state index contributed by atoms with van der Waals surface area (Å²) < 4.78 is 0. The molecule has 4 saturated carbocycles. The third-order valence-corrected chi connectivity index (χ3v) is 8.09. The number of aliphatic hydroxyl groups excluding tert-OH is 1. The predicted octanol–water partition coefficient (Wildman–Crippen LogP) is 3.96. The smallest absolute Gasteiger partial charge is 0.137 e. The fraction of sp³-hybridized carbons (Fsp3) is 0.947. The molecule has 0 bridgehead atoms. The van der Waals surface area contributed by atoms with E-state index in [4.69, 9.17) is 0 Å². The van der Waals surface area contributed by atoms with Gasteiger partial charge in [0.05, 0.1) is 6.10 Å². The maximum atomic E-state index is 13.1. The van der Waals surface area contributed by atoms with Gasteiger partial charge in [0.15, 0.2) is 0 Å². The zero-order valence-electron chi connectivity index (χ0n) is 13.6. The molecule has 4 aliphatic carbocycles. The van der Waals surface area contributed by atoms with Gasteiger partial charge in [0, 0.05) is 12.3 Å². The summed E-state index contributed by atoms with van der Waals surface area (Å²) in [6.45, 7) is 4.77. The van der Waals surface area contributed by atoms with Gasteiger partial charge in [-0.15, -0.1) is 0 Å². The first-order valence-electron chi connectivity index (χ1n) is 9.15. The lowest BCUT2D eigenvalue weighted by atomic mass is 9.45. The van der Waals surface area contributed by atoms with Crippen molar-refractivity contribution in [3.8, 4) is 0 Å². The number of rotatable bonds is 0. The van der Waals surface area contributed by atoms with Crippen LogP contribution in [0.1, 0.15) is 71.6 Å². The number of Topliss-reactive ketones (excluding diaryl/α,β-unsaturated/α-hetero) is 1. The summed E-state index contributed by atoms with van der Waals surface area (Å²) in [6.07, 6.45) is 10.1. The Bertz CT molecular complexity index is 458. The van der Waals surface area contributed by atoms with Crippen LogP contribution in [-0.2, 0) is 4.79 Å².